The molecule has 3 aromatic rings. The quantitative estimate of drug-likeness (QED) is 0.428. The zero-order valence-corrected chi connectivity index (χ0v) is 20.7. The van der Waals surface area contributed by atoms with Gasteiger partial charge in [-0.3, -0.25) is 4.72 Å². The predicted octanol–water partition coefficient (Wildman–Crippen LogP) is 1.69. The van der Waals surface area contributed by atoms with Crippen molar-refractivity contribution in [1.82, 2.24) is 9.29 Å². The lowest BCUT2D eigenvalue weighted by molar-refractivity contribution is 0.473. The van der Waals surface area contributed by atoms with E-state index in [1.807, 2.05) is 53.1 Å². The van der Waals surface area contributed by atoms with Gasteiger partial charge < -0.3 is 4.90 Å². The topological polar surface area (TPSA) is 134 Å². The first-order valence-corrected chi connectivity index (χ1v) is 15.0. The Bertz CT molecular complexity index is 1470. The van der Waals surface area contributed by atoms with Crippen LogP contribution in [0.3, 0.4) is 0 Å². The molecule has 2 aromatic carbocycles. The summed E-state index contributed by atoms with van der Waals surface area (Å²) in [6.45, 7) is 0.559. The minimum atomic E-state index is -4.62. The maximum absolute atomic E-state index is 12.9. The summed E-state index contributed by atoms with van der Waals surface area (Å²) < 4.78 is 74.9. The molecular formula is C20H24N4O6S3. The minimum absolute atomic E-state index is 0.0567. The molecule has 1 N–H and O–H groups in total. The molecule has 3 rings (SSSR count). The van der Waals surface area contributed by atoms with Crippen LogP contribution in [-0.4, -0.2) is 68.0 Å². The van der Waals surface area contributed by atoms with E-state index < -0.39 is 27.9 Å². The highest BCUT2D eigenvalue weighted by Crippen LogP contribution is 2.20. The molecule has 13 heteroatoms. The molecule has 0 radical (unpaired) electrons. The molecule has 33 heavy (non-hydrogen) atoms. The molecule has 1 heterocycles. The number of hydrogen-bond donors (Lipinski definition) is 1. The molecule has 0 aliphatic rings. The van der Waals surface area contributed by atoms with E-state index in [1.165, 1.54) is 35.6 Å². The maximum atomic E-state index is 12.9. The van der Waals surface area contributed by atoms with E-state index in [2.05, 4.69) is 4.98 Å². The lowest BCUT2D eigenvalue weighted by Gasteiger charge is -2.23. The monoisotopic (exact) mass is 512 g/mol. The highest BCUT2D eigenvalue weighted by atomic mass is 33.2. The summed E-state index contributed by atoms with van der Waals surface area (Å²) >= 11 is 0. The number of anilines is 2. The van der Waals surface area contributed by atoms with E-state index in [-0.39, 0.29) is 17.1 Å². The molecule has 1 aromatic heterocycles. The van der Waals surface area contributed by atoms with Gasteiger partial charge in [0.05, 0.1) is 16.7 Å². The lowest BCUT2D eigenvalue weighted by atomic mass is 10.2. The van der Waals surface area contributed by atoms with Gasteiger partial charge in [-0.1, -0.05) is 18.2 Å². The largest absolute Gasteiger partial charge is 0.358 e. The first-order chi connectivity index (χ1) is 15.3. The van der Waals surface area contributed by atoms with Gasteiger partial charge in [0.25, 0.3) is 8.87 Å². The Morgan fingerprint density at radius 2 is 1.45 bits per heavy atom. The fourth-order valence-electron chi connectivity index (χ4n) is 2.89. The Kier molecular flexibility index (Phi) is 6.98. The second-order valence-corrected chi connectivity index (χ2v) is 15.1. The van der Waals surface area contributed by atoms with Crippen molar-refractivity contribution in [1.29, 1.82) is 0 Å². The van der Waals surface area contributed by atoms with Crippen molar-refractivity contribution in [2.45, 2.75) is 4.90 Å². The van der Waals surface area contributed by atoms with Gasteiger partial charge in [0.1, 0.15) is 5.82 Å². The third kappa shape index (κ3) is 5.61. The van der Waals surface area contributed by atoms with Crippen molar-refractivity contribution in [3.05, 3.63) is 60.7 Å². The number of likely N-dealkylation sites (N-methyl/N-ethyl adjacent to an activating group) is 2. The van der Waals surface area contributed by atoms with Crippen LogP contribution < -0.4 is 9.62 Å². The molecule has 0 bridgehead atoms. The fraction of sp³-hybridized carbons (Fsp3) is 0.250. The lowest BCUT2D eigenvalue weighted by Crippen LogP contribution is -2.35. The Labute approximate surface area is 193 Å². The van der Waals surface area contributed by atoms with Crippen LogP contribution in [0.25, 0.3) is 10.9 Å². The van der Waals surface area contributed by atoms with E-state index in [0.29, 0.717) is 18.6 Å². The number of benzene rings is 2. The molecule has 0 aliphatic carbocycles. The van der Waals surface area contributed by atoms with Gasteiger partial charge in [-0.15, -0.1) is 0 Å². The number of nitrogens with one attached hydrogen (secondary N) is 1. The van der Waals surface area contributed by atoms with Gasteiger partial charge in [0.15, 0.2) is 0 Å². The average Bonchev–Trinajstić information content (AvgIpc) is 2.76. The van der Waals surface area contributed by atoms with Gasteiger partial charge in [-0.25, -0.2) is 21.8 Å². The average molecular weight is 513 g/mol. The molecule has 0 unspecified atom stereocenters. The number of hydrogen-bond acceptors (Lipinski definition) is 8. The highest BCUT2D eigenvalue weighted by Gasteiger charge is 2.25. The fourth-order valence-corrected chi connectivity index (χ4v) is 5.37. The van der Waals surface area contributed by atoms with Crippen molar-refractivity contribution in [2.75, 3.05) is 43.1 Å². The van der Waals surface area contributed by atoms with Crippen LogP contribution >= 0.6 is 0 Å². The van der Waals surface area contributed by atoms with Crippen LogP contribution in [0.1, 0.15) is 0 Å². The minimum Gasteiger partial charge on any atom is -0.358 e. The highest BCUT2D eigenvalue weighted by molar-refractivity contribution is 8.67. The first-order valence-electron chi connectivity index (χ1n) is 9.67. The van der Waals surface area contributed by atoms with Crippen LogP contribution in [0.15, 0.2) is 65.6 Å². The third-order valence-electron chi connectivity index (χ3n) is 4.93. The summed E-state index contributed by atoms with van der Waals surface area (Å²) in [4.78, 5) is 6.38. The Balaban J connectivity index is 1.68. The van der Waals surface area contributed by atoms with Gasteiger partial charge in [0, 0.05) is 38.3 Å². The molecule has 10 nitrogen and oxygen atoms in total. The van der Waals surface area contributed by atoms with Crippen molar-refractivity contribution >= 4 is 50.4 Å². The van der Waals surface area contributed by atoms with Gasteiger partial charge >= 0.3 is 9.06 Å². The molecule has 0 amide bonds. The second-order valence-electron chi connectivity index (χ2n) is 7.39. The Morgan fingerprint density at radius 1 is 0.818 bits per heavy atom. The van der Waals surface area contributed by atoms with Gasteiger partial charge in [0.2, 0.25) is 10.0 Å². The number of sulfonamides is 1. The summed E-state index contributed by atoms with van der Waals surface area (Å²) in [6.07, 6.45) is 0.563. The van der Waals surface area contributed by atoms with Crippen LogP contribution in [0.4, 0.5) is 11.5 Å². The number of nitrogens with zero attached hydrogens (tertiary/aromatic N) is 3. The Hall–Kier alpha value is -2.74. The van der Waals surface area contributed by atoms with E-state index in [4.69, 9.17) is 0 Å². The van der Waals surface area contributed by atoms with Crippen LogP contribution in [0.5, 0.6) is 0 Å². The summed E-state index contributed by atoms with van der Waals surface area (Å²) in [5.41, 5.74) is 0.776. The summed E-state index contributed by atoms with van der Waals surface area (Å²) in [7, 11) is -9.59. The van der Waals surface area contributed by atoms with Gasteiger partial charge in [-0.2, -0.15) is 12.7 Å². The molecule has 0 saturated heterocycles. The van der Waals surface area contributed by atoms with E-state index in [1.54, 1.807) is 0 Å². The molecule has 0 saturated carbocycles. The van der Waals surface area contributed by atoms with E-state index in [9.17, 15) is 25.3 Å². The molecule has 178 valence electrons. The summed E-state index contributed by atoms with van der Waals surface area (Å²) in [5, 5.41) is 1.01. The number of para-hydroxylation sites is 1. The van der Waals surface area contributed by atoms with Crippen molar-refractivity contribution < 1.29 is 25.3 Å². The number of aromatic nitrogens is 1. The molecule has 0 atom stereocenters. The summed E-state index contributed by atoms with van der Waals surface area (Å²) in [5.74, 6) is 0.710. The van der Waals surface area contributed by atoms with Crippen LogP contribution in [-0.2, 0) is 27.9 Å². The third-order valence-corrected chi connectivity index (χ3v) is 10.7. The molecule has 0 fully saturated rings. The zero-order chi connectivity index (χ0) is 24.4. The van der Waals surface area contributed by atoms with Gasteiger partial charge in [-0.05, 0) is 42.5 Å². The number of rotatable bonds is 9. The Morgan fingerprint density at radius 3 is 2.09 bits per heavy atom. The summed E-state index contributed by atoms with van der Waals surface area (Å²) in [6, 6.07) is 16.3. The van der Waals surface area contributed by atoms with Crippen molar-refractivity contribution in [3.8, 4) is 0 Å². The molecular weight excluding hydrogens is 488 g/mol. The van der Waals surface area contributed by atoms with Crippen LogP contribution in [0, 0.1) is 0 Å². The van der Waals surface area contributed by atoms with E-state index >= 15 is 0 Å². The predicted molar refractivity (Wildman–Crippen MR) is 129 cm³/mol. The molecule has 0 spiro atoms. The van der Waals surface area contributed by atoms with Crippen molar-refractivity contribution in [2.24, 2.45) is 0 Å². The molecule has 0 aliphatic heterocycles. The normalized spacial score (nSPS) is 12.7. The standard InChI is InChI=1S/C20H24N4O6S3/c1-23(20-13-8-16-6-4-5-7-19(16)21-20)14-15-24(2)32(27,28)18-11-9-17(10-12-18)22-33(29,30)31(3,25)26/h4-13,22H,14-15H2,1-3H3. The second kappa shape index (κ2) is 9.25. The number of fused-ring (bicyclic) bond motifs is 1. The number of pyridine rings is 1. The van der Waals surface area contributed by atoms with Crippen LogP contribution in [0.2, 0.25) is 0 Å². The maximum Gasteiger partial charge on any atom is 0.338 e. The van der Waals surface area contributed by atoms with E-state index in [0.717, 1.165) is 10.9 Å². The van der Waals surface area contributed by atoms with Crippen molar-refractivity contribution in [3.63, 3.8) is 0 Å². The first kappa shape index (κ1) is 24.9. The SMILES string of the molecule is CN(CCN(C)S(=O)(=O)c1ccc(NS(=O)(=O)S(C)(=O)=O)cc1)c1ccc2ccccc2n1. The zero-order valence-electron chi connectivity index (χ0n) is 18.2. The smallest absolute Gasteiger partial charge is 0.338 e.